The Morgan fingerprint density at radius 2 is 1.98 bits per heavy atom. The third-order valence-corrected chi connectivity index (χ3v) is 9.07. The summed E-state index contributed by atoms with van der Waals surface area (Å²) in [4.78, 5) is 29.9. The number of alkyl carbamates (subject to hydrolysis) is 1. The molecule has 0 radical (unpaired) electrons. The van der Waals surface area contributed by atoms with E-state index < -0.39 is 11.7 Å². The second kappa shape index (κ2) is 10.1. The second-order valence-corrected chi connectivity index (χ2v) is 12.7. The summed E-state index contributed by atoms with van der Waals surface area (Å²) < 4.78 is 7.52. The maximum atomic E-state index is 12.8. The van der Waals surface area contributed by atoms with E-state index in [1.54, 1.807) is 18.7 Å². The number of fused-ring (bicyclic) bond motifs is 2. The van der Waals surface area contributed by atoms with Gasteiger partial charge in [0.15, 0.2) is 5.65 Å². The lowest BCUT2D eigenvalue weighted by Gasteiger charge is -2.43. The van der Waals surface area contributed by atoms with Crippen molar-refractivity contribution in [2.75, 3.05) is 23.7 Å². The van der Waals surface area contributed by atoms with Gasteiger partial charge in [0, 0.05) is 48.2 Å². The van der Waals surface area contributed by atoms with Crippen LogP contribution in [0.3, 0.4) is 0 Å². The van der Waals surface area contributed by atoms with Gasteiger partial charge in [0.05, 0.1) is 16.0 Å². The van der Waals surface area contributed by atoms with Crippen LogP contribution >= 0.6 is 23.4 Å². The van der Waals surface area contributed by atoms with Gasteiger partial charge in [0.25, 0.3) is 0 Å². The van der Waals surface area contributed by atoms with Crippen LogP contribution in [0.5, 0.6) is 0 Å². The van der Waals surface area contributed by atoms with Crippen molar-refractivity contribution in [2.45, 2.75) is 61.5 Å². The fraction of sp³-hybridized carbons (Fsp3) is 0.407. The first kappa shape index (κ1) is 26.6. The molecule has 6 rings (SSSR count). The van der Waals surface area contributed by atoms with Crippen LogP contribution < -0.4 is 16.0 Å². The molecule has 2 aliphatic rings. The highest BCUT2D eigenvalue weighted by Gasteiger charge is 2.49. The predicted molar refractivity (Wildman–Crippen MR) is 152 cm³/mol. The van der Waals surface area contributed by atoms with Crippen LogP contribution in [0.2, 0.25) is 5.02 Å². The summed E-state index contributed by atoms with van der Waals surface area (Å²) in [5.41, 5.74) is 8.14. The number of nitrogen functional groups attached to an aromatic ring is 1. The molecule has 1 fully saturated rings. The average molecular weight is 580 g/mol. The molecule has 1 aliphatic carbocycles. The van der Waals surface area contributed by atoms with Crippen molar-refractivity contribution >= 4 is 46.9 Å². The predicted octanol–water partition coefficient (Wildman–Crippen LogP) is 4.71. The van der Waals surface area contributed by atoms with Gasteiger partial charge < -0.3 is 20.7 Å². The number of nitrogens with zero attached hydrogens (tertiary/aromatic N) is 7. The van der Waals surface area contributed by atoms with Gasteiger partial charge in [-0.3, -0.25) is 4.98 Å². The van der Waals surface area contributed by atoms with E-state index in [2.05, 4.69) is 36.4 Å². The van der Waals surface area contributed by atoms with Crippen molar-refractivity contribution in [1.82, 2.24) is 34.9 Å². The summed E-state index contributed by atoms with van der Waals surface area (Å²) in [5, 5.41) is 12.1. The standard InChI is InChI=1S/C27H30ClN9O2S/c1-26(2,3)39-25(38)34-21-17-13-30-8-4-16(17)12-27(21)6-10-36(11-7-27)24-32-14-19(23-35-33-15-37(23)24)40-18-5-9-31-22(29)20(18)28/h4-5,8-9,13-15,21H,6-7,10-12H2,1-3H3,(H2,29,31)(H,34,38)/t21-/m1/s1. The third kappa shape index (κ3) is 4.90. The minimum atomic E-state index is -0.577. The molecule has 0 saturated carbocycles. The number of amides is 1. The van der Waals surface area contributed by atoms with Crippen molar-refractivity contribution in [3.05, 3.63) is 59.4 Å². The Kier molecular flexibility index (Phi) is 6.70. The van der Waals surface area contributed by atoms with E-state index in [0.717, 1.165) is 53.7 Å². The number of nitrogens with two attached hydrogens (primary N) is 1. The van der Waals surface area contributed by atoms with E-state index in [9.17, 15) is 4.79 Å². The van der Waals surface area contributed by atoms with E-state index in [1.165, 1.54) is 17.3 Å². The van der Waals surface area contributed by atoms with Crippen molar-refractivity contribution in [2.24, 2.45) is 5.41 Å². The first-order valence-corrected chi connectivity index (χ1v) is 14.3. The summed E-state index contributed by atoms with van der Waals surface area (Å²) >= 11 is 7.79. The SMILES string of the molecule is CC(C)(C)OC(=O)N[C@@H]1c2cnccc2CC12CCN(c1ncc(Sc3ccnc(N)c3Cl)c3nncn13)CC2. The molecule has 0 bridgehead atoms. The summed E-state index contributed by atoms with van der Waals surface area (Å²) in [6.45, 7) is 7.12. The number of aromatic nitrogens is 6. The van der Waals surface area contributed by atoms with Crippen LogP contribution in [0.25, 0.3) is 5.65 Å². The summed E-state index contributed by atoms with van der Waals surface area (Å²) in [7, 11) is 0. The number of carbonyl (C=O) groups is 1. The number of nitrogens with one attached hydrogen (secondary N) is 1. The summed E-state index contributed by atoms with van der Waals surface area (Å²) in [5.74, 6) is 1.05. The number of halogens is 1. The highest BCUT2D eigenvalue weighted by molar-refractivity contribution is 7.99. The smallest absolute Gasteiger partial charge is 0.408 e. The van der Waals surface area contributed by atoms with E-state index in [1.807, 2.05) is 43.6 Å². The van der Waals surface area contributed by atoms with E-state index in [0.29, 0.717) is 10.7 Å². The molecule has 3 N–H and O–H groups in total. The number of pyridine rings is 2. The number of piperidine rings is 1. The largest absolute Gasteiger partial charge is 0.444 e. The van der Waals surface area contributed by atoms with E-state index in [-0.39, 0.29) is 17.3 Å². The third-order valence-electron chi connectivity index (χ3n) is 7.50. The lowest BCUT2D eigenvalue weighted by molar-refractivity contribution is 0.0427. The highest BCUT2D eigenvalue weighted by Crippen LogP contribution is 2.52. The van der Waals surface area contributed by atoms with Gasteiger partial charge in [-0.1, -0.05) is 23.4 Å². The van der Waals surface area contributed by atoms with Crippen LogP contribution in [-0.2, 0) is 11.2 Å². The molecule has 1 saturated heterocycles. The van der Waals surface area contributed by atoms with E-state index >= 15 is 0 Å². The average Bonchev–Trinajstić information content (AvgIpc) is 3.51. The molecular weight excluding hydrogens is 550 g/mol. The molecular formula is C27H30ClN9O2S. The van der Waals surface area contributed by atoms with Gasteiger partial charge in [0.1, 0.15) is 17.7 Å². The Bertz CT molecular complexity index is 1580. The highest BCUT2D eigenvalue weighted by atomic mass is 35.5. The molecule has 208 valence electrons. The molecule has 13 heteroatoms. The van der Waals surface area contributed by atoms with Gasteiger partial charge in [0.2, 0.25) is 5.95 Å². The molecule has 40 heavy (non-hydrogen) atoms. The summed E-state index contributed by atoms with van der Waals surface area (Å²) in [6.07, 6.45) is 11.0. The van der Waals surface area contributed by atoms with Gasteiger partial charge in [-0.05, 0) is 63.3 Å². The molecule has 1 spiro atoms. The minimum Gasteiger partial charge on any atom is -0.444 e. The maximum Gasteiger partial charge on any atom is 0.408 e. The van der Waals surface area contributed by atoms with Crippen LogP contribution in [0, 0.1) is 5.41 Å². The second-order valence-electron chi connectivity index (χ2n) is 11.2. The quantitative estimate of drug-likeness (QED) is 0.350. The molecule has 1 aliphatic heterocycles. The normalized spacial score (nSPS) is 18.2. The van der Waals surface area contributed by atoms with Crippen molar-refractivity contribution in [3.63, 3.8) is 0 Å². The number of hydrogen-bond acceptors (Lipinski definition) is 10. The fourth-order valence-electron chi connectivity index (χ4n) is 5.67. The topological polar surface area (TPSA) is 136 Å². The number of ether oxygens (including phenoxy) is 1. The lowest BCUT2D eigenvalue weighted by Crippen LogP contribution is -2.48. The number of anilines is 2. The van der Waals surface area contributed by atoms with Gasteiger partial charge >= 0.3 is 6.09 Å². The van der Waals surface area contributed by atoms with Crippen molar-refractivity contribution in [1.29, 1.82) is 0 Å². The molecule has 0 aromatic carbocycles. The fourth-order valence-corrected chi connectivity index (χ4v) is 6.80. The van der Waals surface area contributed by atoms with Gasteiger partial charge in [-0.2, -0.15) is 0 Å². The summed E-state index contributed by atoms with van der Waals surface area (Å²) in [6, 6.07) is 3.69. The molecule has 11 nitrogen and oxygen atoms in total. The molecule has 4 aromatic heterocycles. The first-order chi connectivity index (χ1) is 19.1. The Labute approximate surface area is 240 Å². The van der Waals surface area contributed by atoms with Crippen LogP contribution in [0.4, 0.5) is 16.6 Å². The number of hydrogen-bond donors (Lipinski definition) is 2. The molecule has 1 atom stereocenters. The van der Waals surface area contributed by atoms with E-state index in [4.69, 9.17) is 27.1 Å². The molecule has 1 amide bonds. The van der Waals surface area contributed by atoms with Crippen molar-refractivity contribution in [3.8, 4) is 0 Å². The zero-order valence-electron chi connectivity index (χ0n) is 22.5. The zero-order valence-corrected chi connectivity index (χ0v) is 24.0. The monoisotopic (exact) mass is 579 g/mol. The molecule has 0 unspecified atom stereocenters. The van der Waals surface area contributed by atoms with Gasteiger partial charge in [-0.25, -0.2) is 19.2 Å². The Balaban J connectivity index is 1.24. The van der Waals surface area contributed by atoms with Crippen LogP contribution in [-0.4, -0.2) is 54.3 Å². The number of rotatable bonds is 4. The maximum absolute atomic E-state index is 12.8. The van der Waals surface area contributed by atoms with Crippen LogP contribution in [0.15, 0.2) is 53.0 Å². The van der Waals surface area contributed by atoms with Crippen molar-refractivity contribution < 1.29 is 9.53 Å². The Morgan fingerprint density at radius 1 is 1.18 bits per heavy atom. The Morgan fingerprint density at radius 3 is 2.75 bits per heavy atom. The zero-order chi connectivity index (χ0) is 28.1. The molecule has 5 heterocycles. The molecule has 4 aromatic rings. The van der Waals surface area contributed by atoms with Crippen LogP contribution in [0.1, 0.15) is 50.8 Å². The first-order valence-electron chi connectivity index (χ1n) is 13.1. The minimum absolute atomic E-state index is 0.140. The van der Waals surface area contributed by atoms with Gasteiger partial charge in [-0.15, -0.1) is 10.2 Å². The Hall–Kier alpha value is -3.64. The lowest BCUT2D eigenvalue weighted by atomic mass is 9.73. The number of carbonyl (C=O) groups excluding carboxylic acids is 1.